The molecule has 2 atom stereocenters. The Morgan fingerprint density at radius 3 is 2.31 bits per heavy atom. The average molecular weight is 762 g/mol. The normalized spacial score (nSPS) is 23.8. The van der Waals surface area contributed by atoms with Crippen molar-refractivity contribution >= 4 is 64.0 Å². The van der Waals surface area contributed by atoms with E-state index < -0.39 is 29.7 Å². The lowest BCUT2D eigenvalue weighted by Gasteiger charge is -2.51. The maximum Gasteiger partial charge on any atom is 0.274 e. The van der Waals surface area contributed by atoms with Crippen LogP contribution in [0.5, 0.6) is 0 Å². The summed E-state index contributed by atoms with van der Waals surface area (Å²) in [5.41, 5.74) is 3.47. The third-order valence-electron chi connectivity index (χ3n) is 12.7. The molecular weight excluding hydrogens is 722 g/mol. The van der Waals surface area contributed by atoms with Gasteiger partial charge in [-0.2, -0.15) is 0 Å². The SMILES string of the molecule is [C-]#[N+]c1ccc(N2CC3(CCN(c4ccc(C(=O)N5CC(C6CN(c7ccc8c(c7)C(=O)N(C7CCC(=O)NC7=O)C8=O)C6)C5)nn4)CC3)C[C@@H]2C)cc1Cl. The van der Waals surface area contributed by atoms with Crippen LogP contribution in [0.15, 0.2) is 48.5 Å². The lowest BCUT2D eigenvalue weighted by Crippen LogP contribution is -2.61. The minimum atomic E-state index is -0.990. The second-order valence-electron chi connectivity index (χ2n) is 16.0. The van der Waals surface area contributed by atoms with Crippen LogP contribution in [-0.2, 0) is 9.59 Å². The molecule has 6 aliphatic heterocycles. The minimum absolute atomic E-state index is 0.0782. The second-order valence-corrected chi connectivity index (χ2v) is 16.4. The van der Waals surface area contributed by atoms with Crippen molar-refractivity contribution in [3.63, 3.8) is 0 Å². The van der Waals surface area contributed by atoms with Crippen molar-refractivity contribution in [2.24, 2.45) is 17.3 Å². The average Bonchev–Trinajstić information content (AvgIpc) is 3.59. The summed E-state index contributed by atoms with van der Waals surface area (Å²) in [4.78, 5) is 76.7. The fourth-order valence-corrected chi connectivity index (χ4v) is 9.64. The molecule has 0 bridgehead atoms. The number of nitrogens with zero attached hydrogens (tertiary/aromatic N) is 8. The predicted octanol–water partition coefficient (Wildman–Crippen LogP) is 4.18. The predicted molar refractivity (Wildman–Crippen MR) is 203 cm³/mol. The van der Waals surface area contributed by atoms with Crippen molar-refractivity contribution in [2.45, 2.75) is 51.1 Å². The van der Waals surface area contributed by atoms with E-state index in [1.165, 1.54) is 0 Å². The van der Waals surface area contributed by atoms with Crippen LogP contribution in [0.1, 0.15) is 70.2 Å². The zero-order chi connectivity index (χ0) is 38.2. The lowest BCUT2D eigenvalue weighted by atomic mass is 9.77. The van der Waals surface area contributed by atoms with Gasteiger partial charge in [-0.1, -0.05) is 17.7 Å². The van der Waals surface area contributed by atoms with E-state index in [0.717, 1.165) is 74.1 Å². The molecular formula is C40H40ClN9O5. The summed E-state index contributed by atoms with van der Waals surface area (Å²) in [5.74, 6) is -0.632. The van der Waals surface area contributed by atoms with Crippen LogP contribution < -0.4 is 20.0 Å². The molecule has 1 N–H and O–H groups in total. The standard InChI is InChI=1S/C40H40ClN9O5/c1-23-17-40(22-49(23)27-4-6-31(42-2)30(41)16-27)11-13-46(14-12-40)34-9-7-32(44-45-34)39(55)48-20-25(21-48)24-18-47(19-24)26-3-5-28-29(15-26)38(54)50(37(28)53)33-8-10-35(51)43-36(33)52/h3-7,9,15-16,23-25,33H,8,10-14,17-22H2,1H3,(H,43,51,52)/t23-,33?/m0/s1. The van der Waals surface area contributed by atoms with Crippen molar-refractivity contribution in [3.8, 4) is 0 Å². The molecule has 7 heterocycles. The third-order valence-corrected chi connectivity index (χ3v) is 13.0. The topological polar surface area (TPSA) is 144 Å². The number of likely N-dealkylation sites (tertiary alicyclic amines) is 1. The van der Waals surface area contributed by atoms with Crippen LogP contribution in [0.3, 0.4) is 0 Å². The maximum absolute atomic E-state index is 13.3. The highest BCUT2D eigenvalue weighted by molar-refractivity contribution is 6.33. The van der Waals surface area contributed by atoms with Crippen molar-refractivity contribution in [1.82, 2.24) is 25.3 Å². The number of rotatable bonds is 6. The van der Waals surface area contributed by atoms with Gasteiger partial charge in [-0.05, 0) is 80.5 Å². The lowest BCUT2D eigenvalue weighted by molar-refractivity contribution is -0.136. The van der Waals surface area contributed by atoms with Crippen molar-refractivity contribution in [3.05, 3.63) is 81.8 Å². The van der Waals surface area contributed by atoms with Crippen molar-refractivity contribution in [2.75, 3.05) is 60.5 Å². The van der Waals surface area contributed by atoms with E-state index in [1.807, 2.05) is 29.2 Å². The first kappa shape index (κ1) is 35.2. The highest BCUT2D eigenvalue weighted by atomic mass is 35.5. The molecule has 5 amide bonds. The number of imide groups is 2. The van der Waals surface area contributed by atoms with E-state index in [4.69, 9.17) is 18.2 Å². The summed E-state index contributed by atoms with van der Waals surface area (Å²) >= 11 is 6.36. The molecule has 0 radical (unpaired) electrons. The van der Waals surface area contributed by atoms with Gasteiger partial charge in [0.2, 0.25) is 17.5 Å². The van der Waals surface area contributed by atoms with Gasteiger partial charge in [0.1, 0.15) is 6.04 Å². The Balaban J connectivity index is 0.745. The molecule has 5 saturated heterocycles. The maximum atomic E-state index is 13.3. The Labute approximate surface area is 323 Å². The van der Waals surface area contributed by atoms with Crippen molar-refractivity contribution in [1.29, 1.82) is 0 Å². The van der Waals surface area contributed by atoms with Crippen LogP contribution in [0.25, 0.3) is 4.85 Å². The number of carbonyl (C=O) groups excluding carboxylic acids is 5. The number of hydrogen-bond donors (Lipinski definition) is 1. The van der Waals surface area contributed by atoms with E-state index in [1.54, 1.807) is 24.3 Å². The number of anilines is 3. The molecule has 282 valence electrons. The Bertz CT molecular complexity index is 2170. The highest BCUT2D eigenvalue weighted by Crippen LogP contribution is 2.46. The molecule has 55 heavy (non-hydrogen) atoms. The third kappa shape index (κ3) is 6.05. The fraction of sp³-hybridized carbons (Fsp3) is 0.450. The molecule has 15 heteroatoms. The van der Waals surface area contributed by atoms with Crippen LogP contribution in [0, 0.1) is 23.8 Å². The molecule has 0 aliphatic carbocycles. The molecule has 0 saturated carbocycles. The Kier molecular flexibility index (Phi) is 8.53. The van der Waals surface area contributed by atoms with E-state index in [9.17, 15) is 24.0 Å². The first-order valence-electron chi connectivity index (χ1n) is 18.9. The Morgan fingerprint density at radius 1 is 0.891 bits per heavy atom. The number of hydrogen-bond acceptors (Lipinski definition) is 10. The number of carbonyl (C=O) groups is 5. The highest BCUT2D eigenvalue weighted by Gasteiger charge is 2.47. The zero-order valence-corrected chi connectivity index (χ0v) is 31.2. The monoisotopic (exact) mass is 761 g/mol. The molecule has 2 aromatic carbocycles. The fourth-order valence-electron chi connectivity index (χ4n) is 9.43. The van der Waals surface area contributed by atoms with Gasteiger partial charge in [-0.25, -0.2) is 4.85 Å². The first-order valence-corrected chi connectivity index (χ1v) is 19.3. The van der Waals surface area contributed by atoms with E-state index in [2.05, 4.69) is 42.0 Å². The minimum Gasteiger partial charge on any atom is -0.371 e. The first-order chi connectivity index (χ1) is 26.5. The smallest absolute Gasteiger partial charge is 0.274 e. The van der Waals surface area contributed by atoms with Gasteiger partial charge in [0, 0.05) is 86.5 Å². The van der Waals surface area contributed by atoms with Crippen LogP contribution in [0.4, 0.5) is 22.9 Å². The summed E-state index contributed by atoms with van der Waals surface area (Å²) in [5, 5.41) is 11.5. The van der Waals surface area contributed by atoms with Gasteiger partial charge >= 0.3 is 0 Å². The molecule has 6 aliphatic rings. The molecule has 9 rings (SSSR count). The Hall–Kier alpha value is -5.55. The molecule has 1 aromatic heterocycles. The zero-order valence-electron chi connectivity index (χ0n) is 30.4. The summed E-state index contributed by atoms with van der Waals surface area (Å²) in [6, 6.07) is 14.0. The number of piperidine rings is 2. The summed E-state index contributed by atoms with van der Waals surface area (Å²) in [6.07, 6.45) is 3.36. The number of aromatic nitrogens is 2. The molecule has 14 nitrogen and oxygen atoms in total. The van der Waals surface area contributed by atoms with Crippen LogP contribution >= 0.6 is 11.6 Å². The van der Waals surface area contributed by atoms with E-state index in [0.29, 0.717) is 47.4 Å². The van der Waals surface area contributed by atoms with Gasteiger partial charge in [0.15, 0.2) is 11.5 Å². The number of fused-ring (bicyclic) bond motifs is 1. The number of benzene rings is 2. The molecule has 3 aromatic rings. The molecule has 5 fully saturated rings. The number of amides is 5. The Morgan fingerprint density at radius 2 is 1.62 bits per heavy atom. The van der Waals surface area contributed by atoms with Gasteiger partial charge in [0.05, 0.1) is 17.7 Å². The number of nitrogens with one attached hydrogen (secondary N) is 1. The van der Waals surface area contributed by atoms with E-state index in [-0.39, 0.29) is 35.3 Å². The quantitative estimate of drug-likeness (QED) is 0.287. The second kappa shape index (κ2) is 13.3. The number of halogens is 1. The van der Waals surface area contributed by atoms with Crippen molar-refractivity contribution < 1.29 is 24.0 Å². The molecule has 1 unspecified atom stereocenters. The summed E-state index contributed by atoms with van der Waals surface area (Å²) < 4.78 is 0. The van der Waals surface area contributed by atoms with Crippen LogP contribution in [-0.4, -0.2) is 107 Å². The van der Waals surface area contributed by atoms with E-state index >= 15 is 0 Å². The van der Waals surface area contributed by atoms with Gasteiger partial charge in [-0.3, -0.25) is 34.2 Å². The van der Waals surface area contributed by atoms with Gasteiger partial charge in [-0.15, -0.1) is 10.2 Å². The van der Waals surface area contributed by atoms with Crippen LogP contribution in [0.2, 0.25) is 5.02 Å². The summed E-state index contributed by atoms with van der Waals surface area (Å²) in [6.45, 7) is 15.1. The molecule has 1 spiro atoms. The largest absolute Gasteiger partial charge is 0.371 e. The summed E-state index contributed by atoms with van der Waals surface area (Å²) in [7, 11) is 0. The van der Waals surface area contributed by atoms with Gasteiger partial charge < -0.3 is 19.6 Å². The van der Waals surface area contributed by atoms with Gasteiger partial charge in [0.25, 0.3) is 17.7 Å².